The molecule has 0 spiro atoms. The molecule has 52 heteroatoms. The largest absolute Gasteiger partial charge is 0.480 e. The first-order chi connectivity index (χ1) is 55.9. The Morgan fingerprint density at radius 2 is 0.856 bits per heavy atom. The summed E-state index contributed by atoms with van der Waals surface area (Å²) in [5.74, 6) is -7.81. The summed E-state index contributed by atoms with van der Waals surface area (Å²) in [5, 5.41) is 88.7. The Kier molecular flexibility index (Phi) is 55.0. The molecule has 24 N–H and O–H groups in total. The van der Waals surface area contributed by atoms with Gasteiger partial charge in [0.15, 0.2) is 0 Å². The van der Waals surface area contributed by atoms with Crippen molar-refractivity contribution in [2.45, 2.75) is 202 Å². The van der Waals surface area contributed by atoms with Gasteiger partial charge in [-0.05, 0) is 127 Å². The molecule has 13 atom stereocenters. The van der Waals surface area contributed by atoms with E-state index in [9.17, 15) is 62.3 Å². The number of rotatable bonds is 40. The van der Waals surface area contributed by atoms with Gasteiger partial charge in [0.05, 0.1) is 37.1 Å². The number of hydrogen-bond acceptors (Lipinski definition) is 27. The lowest BCUT2D eigenvalue weighted by Crippen LogP contribution is -2.47. The molecule has 1 aromatic carbocycles. The van der Waals surface area contributed by atoms with Gasteiger partial charge in [-0.15, -0.1) is 0 Å². The number of unbranched alkanes of at least 4 members (excludes halogenated alkanes) is 3. The molecule has 118 heavy (non-hydrogen) atoms. The van der Waals surface area contributed by atoms with Crippen LogP contribution in [0, 0.1) is 11.8 Å². The Hall–Kier alpha value is -12.1. The first kappa shape index (κ1) is 106. The van der Waals surface area contributed by atoms with E-state index in [4.69, 9.17) is 109 Å². The zero-order valence-electron chi connectivity index (χ0n) is 65.5. The molecule has 6 unspecified atom stereocenters. The number of benzene rings is 1. The summed E-state index contributed by atoms with van der Waals surface area (Å²) >= 11 is 0. The SMILES string of the molecule is CCCCC(=O)CCCCC[C@H](N)C(=O)O.[N-]=[N+]=NC1CCN(C(=O)CC[C@H](N)C(=O)O)C1.[N-]=[N+]=NC1CCN(C(=O)NC[C@H](N)C(=O)O)C1.[N-]=[N+]=NC1CNC(C(=O)NC[C@H](N)C(=O)O)C1.[N-]=[N+]=NCC1CCN(C(=O)CC[C@H](N)C(=O)O)C1.[N-]=[N+]=NCC1CCN(C(=O)C[C@H](N)C(=O)O)C1.[N-]=[N+]=NCc1ccc(C[C@H](N)C(=O)O)cc1. The van der Waals surface area contributed by atoms with Crippen molar-refractivity contribution in [2.24, 2.45) is 82.7 Å². The van der Waals surface area contributed by atoms with Gasteiger partial charge in [-0.25, -0.2) is 4.79 Å². The highest BCUT2D eigenvalue weighted by Gasteiger charge is 2.32. The van der Waals surface area contributed by atoms with Gasteiger partial charge in [0.25, 0.3) is 0 Å². The van der Waals surface area contributed by atoms with E-state index in [1.54, 1.807) is 39.0 Å². The highest BCUT2D eigenvalue weighted by molar-refractivity contribution is 5.85. The molecule has 6 rings (SSSR count). The molecule has 0 aromatic heterocycles. The Balaban J connectivity index is 0.00000135. The third-order valence-corrected chi connectivity index (χ3v) is 18.1. The molecule has 6 amide bonds. The maximum absolute atomic E-state index is 11.8. The molecule has 5 fully saturated rings. The Bertz CT molecular complexity index is 3560. The summed E-state index contributed by atoms with van der Waals surface area (Å²) in [5.41, 5.74) is 88.1. The fraction of sp³-hybridized carbons (Fsp3) is 0.712. The molecule has 52 nitrogen and oxygen atoms in total. The van der Waals surface area contributed by atoms with E-state index >= 15 is 0 Å². The first-order valence-corrected chi connectivity index (χ1v) is 37.4. The highest BCUT2D eigenvalue weighted by Crippen LogP contribution is 2.21. The van der Waals surface area contributed by atoms with Gasteiger partial charge in [-0.3, -0.25) is 57.5 Å². The van der Waals surface area contributed by atoms with Crippen LogP contribution >= 0.6 is 0 Å². The van der Waals surface area contributed by atoms with Crippen LogP contribution in [0.3, 0.4) is 0 Å². The van der Waals surface area contributed by atoms with Crippen LogP contribution in [0.25, 0.3) is 62.7 Å². The van der Waals surface area contributed by atoms with E-state index in [0.29, 0.717) is 123 Å². The van der Waals surface area contributed by atoms with E-state index in [1.165, 1.54) is 4.90 Å². The Morgan fingerprint density at radius 3 is 1.31 bits per heavy atom. The summed E-state index contributed by atoms with van der Waals surface area (Å²) in [6.07, 6.45) is 10.2. The summed E-state index contributed by atoms with van der Waals surface area (Å²) in [6, 6.07) is -1.36. The predicted molar refractivity (Wildman–Crippen MR) is 419 cm³/mol. The number of ketones is 1. The summed E-state index contributed by atoms with van der Waals surface area (Å²) in [6.45, 7) is 7.37. The van der Waals surface area contributed by atoms with Gasteiger partial charge >= 0.3 is 47.8 Å². The molecule has 5 aliphatic rings. The van der Waals surface area contributed by atoms with E-state index < -0.39 is 96.2 Å². The second kappa shape index (κ2) is 61.3. The van der Waals surface area contributed by atoms with Crippen molar-refractivity contribution >= 4 is 77.2 Å². The van der Waals surface area contributed by atoms with Crippen molar-refractivity contribution in [3.8, 4) is 0 Å². The zero-order valence-corrected chi connectivity index (χ0v) is 65.5. The average Bonchev–Trinajstić information content (AvgIpc) is 1.85. The monoisotopic (exact) mass is 1670 g/mol. The molecule has 0 aliphatic carbocycles. The number of Topliss-reactive ketones (excluding diaryl/α,β-unsaturated/α-hetero) is 1. The number of hydrogen-bond donors (Lipinski definition) is 17. The Morgan fingerprint density at radius 1 is 0.449 bits per heavy atom. The van der Waals surface area contributed by atoms with E-state index in [-0.39, 0.29) is 105 Å². The number of nitrogens with two attached hydrogens (primary N) is 7. The maximum Gasteiger partial charge on any atom is 0.322 e. The smallest absolute Gasteiger partial charge is 0.322 e. The lowest BCUT2D eigenvalue weighted by molar-refractivity contribution is -0.142. The van der Waals surface area contributed by atoms with Crippen LogP contribution in [0.15, 0.2) is 55.0 Å². The number of azide groups is 6. The third kappa shape index (κ3) is 47.7. The number of carbonyl (C=O) groups excluding carboxylic acids is 6. The number of amides is 6. The molecular weight excluding hydrogens is 1560 g/mol. The second-order valence-corrected chi connectivity index (χ2v) is 27.4. The van der Waals surface area contributed by atoms with Crippen LogP contribution in [-0.4, -0.2) is 284 Å². The molecule has 5 heterocycles. The van der Waals surface area contributed by atoms with Gasteiger partial charge in [0.2, 0.25) is 23.6 Å². The number of carbonyl (C=O) groups is 13. The molecule has 5 saturated heterocycles. The van der Waals surface area contributed by atoms with Gasteiger partial charge < -0.3 is 111 Å². The van der Waals surface area contributed by atoms with Crippen molar-refractivity contribution < 1.29 is 98.1 Å². The molecule has 1 aromatic rings. The summed E-state index contributed by atoms with van der Waals surface area (Å²) < 4.78 is 0. The van der Waals surface area contributed by atoms with Crippen molar-refractivity contribution in [3.63, 3.8) is 0 Å². The number of carboxylic acid groups (broad SMARTS) is 7. The van der Waals surface area contributed by atoms with Gasteiger partial charge in [-0.1, -0.05) is 81.1 Å². The van der Waals surface area contributed by atoms with Gasteiger partial charge in [0.1, 0.15) is 48.1 Å². The lowest BCUT2D eigenvalue weighted by Gasteiger charge is -2.17. The van der Waals surface area contributed by atoms with Gasteiger partial charge in [-0.2, -0.15) is 0 Å². The average molecular weight is 1670 g/mol. The Labute approximate surface area is 676 Å². The molecule has 0 saturated carbocycles. The quantitative estimate of drug-likeness (QED) is 0.0193. The van der Waals surface area contributed by atoms with Gasteiger partial charge in [0, 0.05) is 140 Å². The minimum absolute atomic E-state index is 0.0878. The van der Waals surface area contributed by atoms with Crippen molar-refractivity contribution in [2.75, 3.05) is 85.1 Å². The van der Waals surface area contributed by atoms with Crippen molar-refractivity contribution in [1.29, 1.82) is 0 Å². The van der Waals surface area contributed by atoms with Crippen LogP contribution in [0.4, 0.5) is 4.79 Å². The zero-order chi connectivity index (χ0) is 89.2. The van der Waals surface area contributed by atoms with E-state index in [1.807, 2.05) is 0 Å². The third-order valence-electron chi connectivity index (χ3n) is 18.1. The predicted octanol–water partition coefficient (Wildman–Crippen LogP) is 1.98. The summed E-state index contributed by atoms with van der Waals surface area (Å²) in [4.78, 5) is 165. The van der Waals surface area contributed by atoms with Crippen LogP contribution < -0.4 is 56.1 Å². The number of aliphatic carboxylic acids is 7. The first-order valence-electron chi connectivity index (χ1n) is 37.4. The fourth-order valence-electron chi connectivity index (χ4n) is 11.1. The number of nitrogens with zero attached hydrogens (tertiary/aromatic N) is 22. The summed E-state index contributed by atoms with van der Waals surface area (Å²) in [7, 11) is 0. The number of nitrogens with one attached hydrogen (secondary N) is 3. The molecular formula is C66H110N32O20. The molecule has 5 aliphatic heterocycles. The minimum atomic E-state index is -1.18. The second-order valence-electron chi connectivity index (χ2n) is 27.4. The van der Waals surface area contributed by atoms with E-state index in [2.05, 4.69) is 83.0 Å². The highest BCUT2D eigenvalue weighted by atomic mass is 16.4. The lowest BCUT2D eigenvalue weighted by atomic mass is 10.0. The number of carboxylic acids is 7. The standard InChI is InChI=1S/C12H23NO3.C10H17N5O3.C10H12N4O2.2C9H15N5O3.2C8H14N6O3/c1-2-3-7-10(14)8-5-4-6-9-11(13)12(15)16;11-8(10(17)18)1-2-9(16)15-4-3-7(6-15)5-13-14-12;11-9(10(15)16)5-7-1-3-8(4-2-7)6-13-14-12;10-7(9(16)17)3-8(15)14-2-1-6(5-14)4-12-13-11;10-7(9(16)17)1-2-8(15)14-4-3-6(5-14)12-13-11;9-5(8(16)17)3-12-7(15)6-1-4(2-11-6)13-14-10;9-6(7(15)16)3-11-8(17)14-2-1-5(4-14)12-13-10/h11H,2-9,13H2,1H3,(H,15,16);7-8H,1-6,11H2,(H,17,18);1-4,9H,5-6,11H2,(H,15,16);2*6-7H,1-5,10H2,(H,16,17);4-6,11H,1-3,9H2,(H,12,15)(H,16,17);5-6H,1-4,9H2,(H,11,17)(H,15,16)/t11-;7?,8-;9-;2*6?,7-;4?,5-,6?;5?,6-/m0000000/s1. The normalized spacial score (nSPS) is 18.8. The van der Waals surface area contributed by atoms with Crippen molar-refractivity contribution in [1.82, 2.24) is 35.6 Å². The van der Waals surface area contributed by atoms with Crippen molar-refractivity contribution in [3.05, 3.63) is 98.0 Å². The van der Waals surface area contributed by atoms with Crippen LogP contribution in [0.2, 0.25) is 0 Å². The number of likely N-dealkylation sites (tertiary alicyclic amines) is 4. The molecule has 654 valence electrons. The van der Waals surface area contributed by atoms with Crippen LogP contribution in [0.5, 0.6) is 0 Å². The van der Waals surface area contributed by atoms with Crippen LogP contribution in [-0.2, 0) is 70.5 Å². The maximum atomic E-state index is 11.8. The topological polar surface area (TPSA) is 887 Å². The van der Waals surface area contributed by atoms with Crippen LogP contribution in [0.1, 0.15) is 134 Å². The molecule has 0 bridgehead atoms. The molecule has 0 radical (unpaired) electrons. The fourth-order valence-corrected chi connectivity index (χ4v) is 11.1. The number of urea groups is 1. The minimum Gasteiger partial charge on any atom is -0.480 e. The van der Waals surface area contributed by atoms with E-state index in [0.717, 1.165) is 56.1 Å².